The number of hydrogen-bond acceptors (Lipinski definition) is 3. The maximum atomic E-state index is 12.1. The Hall–Kier alpha value is -2.69. The van der Waals surface area contributed by atoms with Crippen LogP contribution in [-0.4, -0.2) is 32.8 Å². The summed E-state index contributed by atoms with van der Waals surface area (Å²) in [6.07, 6.45) is 1.06. The molecule has 0 unspecified atom stereocenters. The smallest absolute Gasteiger partial charge is 0.319 e. The summed E-state index contributed by atoms with van der Waals surface area (Å²) in [6.45, 7) is 4.60. The van der Waals surface area contributed by atoms with E-state index in [0.717, 1.165) is 36.6 Å². The molecule has 0 spiro atoms. The van der Waals surface area contributed by atoms with Crippen LogP contribution in [-0.2, 0) is 0 Å². The van der Waals surface area contributed by atoms with Crippen molar-refractivity contribution in [2.45, 2.75) is 13.3 Å². The van der Waals surface area contributed by atoms with Gasteiger partial charge in [0.15, 0.2) is 0 Å². The number of carbonyl (C=O) groups is 1. The predicted octanol–water partition coefficient (Wildman–Crippen LogP) is 3.65. The van der Waals surface area contributed by atoms with Crippen molar-refractivity contribution in [3.63, 3.8) is 0 Å². The summed E-state index contributed by atoms with van der Waals surface area (Å²) in [6, 6.07) is 15.7. The van der Waals surface area contributed by atoms with Gasteiger partial charge in [-0.05, 0) is 43.5 Å². The second-order valence-corrected chi connectivity index (χ2v) is 6.47. The van der Waals surface area contributed by atoms with E-state index in [-0.39, 0.29) is 6.03 Å². The summed E-state index contributed by atoms with van der Waals surface area (Å²) in [5.41, 5.74) is 3.11. The molecule has 5 nitrogen and oxygen atoms in total. The van der Waals surface area contributed by atoms with Crippen LogP contribution in [0.3, 0.4) is 0 Å². The molecule has 1 heterocycles. The molecular formula is C20H25N3O2. The Morgan fingerprint density at radius 2 is 1.96 bits per heavy atom. The average Bonchev–Trinajstić information content (AvgIpc) is 3.11. The van der Waals surface area contributed by atoms with E-state index in [1.165, 1.54) is 5.56 Å². The molecule has 0 saturated carbocycles. The Kier molecular flexibility index (Phi) is 5.43. The number of nitrogens with one attached hydrogen (secondary N) is 2. The number of anilines is 2. The van der Waals surface area contributed by atoms with Crippen LogP contribution in [0.2, 0.25) is 0 Å². The first-order valence-corrected chi connectivity index (χ1v) is 8.65. The number of ether oxygens (including phenoxy) is 1. The van der Waals surface area contributed by atoms with Crippen LogP contribution in [0.25, 0.3) is 0 Å². The number of carbonyl (C=O) groups excluding carboxylic acids is 1. The van der Waals surface area contributed by atoms with Crippen LogP contribution in [0.1, 0.15) is 12.0 Å². The highest BCUT2D eigenvalue weighted by molar-refractivity contribution is 5.89. The number of para-hydroxylation sites is 2. The minimum absolute atomic E-state index is 0.153. The van der Waals surface area contributed by atoms with E-state index >= 15 is 0 Å². The Balaban J connectivity index is 1.48. The maximum Gasteiger partial charge on any atom is 0.319 e. The van der Waals surface area contributed by atoms with Crippen molar-refractivity contribution in [3.05, 3.63) is 54.1 Å². The fourth-order valence-electron chi connectivity index (χ4n) is 3.16. The third kappa shape index (κ3) is 4.44. The zero-order chi connectivity index (χ0) is 17.6. The van der Waals surface area contributed by atoms with Crippen LogP contribution in [0, 0.1) is 12.8 Å². The molecule has 0 aromatic heterocycles. The quantitative estimate of drug-likeness (QED) is 0.874. The molecule has 25 heavy (non-hydrogen) atoms. The van der Waals surface area contributed by atoms with E-state index in [4.69, 9.17) is 4.74 Å². The Morgan fingerprint density at radius 3 is 2.72 bits per heavy atom. The van der Waals surface area contributed by atoms with E-state index in [9.17, 15) is 4.79 Å². The molecule has 3 rings (SSSR count). The van der Waals surface area contributed by atoms with Gasteiger partial charge in [-0.1, -0.05) is 29.8 Å². The van der Waals surface area contributed by atoms with Gasteiger partial charge in [0.05, 0.1) is 12.8 Å². The van der Waals surface area contributed by atoms with Crippen molar-refractivity contribution in [2.24, 2.45) is 5.92 Å². The molecule has 2 N–H and O–H groups in total. The van der Waals surface area contributed by atoms with Gasteiger partial charge in [-0.15, -0.1) is 0 Å². The summed E-state index contributed by atoms with van der Waals surface area (Å²) < 4.78 is 5.44. The van der Waals surface area contributed by atoms with Crippen LogP contribution in [0.15, 0.2) is 48.5 Å². The van der Waals surface area contributed by atoms with E-state index in [1.54, 1.807) is 7.11 Å². The minimum atomic E-state index is -0.153. The second-order valence-electron chi connectivity index (χ2n) is 6.47. The number of hydrogen-bond donors (Lipinski definition) is 2. The van der Waals surface area contributed by atoms with Gasteiger partial charge in [-0.2, -0.15) is 0 Å². The lowest BCUT2D eigenvalue weighted by Gasteiger charge is -2.21. The summed E-state index contributed by atoms with van der Waals surface area (Å²) in [5.74, 6) is 1.34. The number of urea groups is 1. The molecule has 1 aliphatic heterocycles. The molecular weight excluding hydrogens is 314 g/mol. The van der Waals surface area contributed by atoms with E-state index in [2.05, 4.69) is 21.6 Å². The summed E-state index contributed by atoms with van der Waals surface area (Å²) in [7, 11) is 1.70. The molecule has 1 atom stereocenters. The molecule has 0 bridgehead atoms. The van der Waals surface area contributed by atoms with Gasteiger partial charge in [-0.3, -0.25) is 0 Å². The highest BCUT2D eigenvalue weighted by atomic mass is 16.5. The van der Waals surface area contributed by atoms with Crippen molar-refractivity contribution in [1.82, 2.24) is 5.32 Å². The van der Waals surface area contributed by atoms with Gasteiger partial charge in [0.25, 0.3) is 0 Å². The fraction of sp³-hybridized carbons (Fsp3) is 0.350. The number of amides is 2. The number of rotatable bonds is 5. The Bertz CT molecular complexity index is 715. The zero-order valence-corrected chi connectivity index (χ0v) is 14.8. The number of methoxy groups -OCH3 is 1. The van der Waals surface area contributed by atoms with Crippen molar-refractivity contribution in [3.8, 4) is 5.75 Å². The zero-order valence-electron chi connectivity index (χ0n) is 14.8. The fourth-order valence-corrected chi connectivity index (χ4v) is 3.16. The molecule has 0 aliphatic carbocycles. The number of nitrogens with zero attached hydrogens (tertiary/aromatic N) is 1. The highest BCUT2D eigenvalue weighted by Gasteiger charge is 2.24. The molecule has 132 valence electrons. The van der Waals surface area contributed by atoms with Crippen molar-refractivity contribution < 1.29 is 9.53 Å². The number of aryl methyl sites for hydroxylation is 1. The molecule has 1 saturated heterocycles. The minimum Gasteiger partial charge on any atom is -0.495 e. The lowest BCUT2D eigenvalue weighted by molar-refractivity contribution is 0.250. The van der Waals surface area contributed by atoms with E-state index < -0.39 is 0 Å². The molecule has 2 amide bonds. The van der Waals surface area contributed by atoms with Crippen LogP contribution >= 0.6 is 0 Å². The molecule has 1 aliphatic rings. The van der Waals surface area contributed by atoms with E-state index in [1.807, 2.05) is 49.4 Å². The Labute approximate surface area is 149 Å². The highest BCUT2D eigenvalue weighted by Crippen LogP contribution is 2.31. The van der Waals surface area contributed by atoms with Gasteiger partial charge in [0.2, 0.25) is 0 Å². The van der Waals surface area contributed by atoms with Crippen molar-refractivity contribution in [2.75, 3.05) is 37.0 Å². The van der Waals surface area contributed by atoms with Gasteiger partial charge >= 0.3 is 6.03 Å². The average molecular weight is 339 g/mol. The van der Waals surface area contributed by atoms with Gasteiger partial charge in [0.1, 0.15) is 5.75 Å². The van der Waals surface area contributed by atoms with Gasteiger partial charge in [0, 0.05) is 25.3 Å². The number of benzene rings is 2. The lowest BCUT2D eigenvalue weighted by Crippen LogP contribution is -2.34. The first-order valence-electron chi connectivity index (χ1n) is 8.65. The van der Waals surface area contributed by atoms with Crippen LogP contribution < -0.4 is 20.3 Å². The summed E-state index contributed by atoms with van der Waals surface area (Å²) in [4.78, 5) is 14.4. The first kappa shape index (κ1) is 17.1. The molecule has 1 fully saturated rings. The molecule has 2 aromatic carbocycles. The SMILES string of the molecule is COc1ccccc1N1CC[C@H](CNC(=O)Nc2ccc(C)cc2)C1. The topological polar surface area (TPSA) is 53.6 Å². The predicted molar refractivity (Wildman–Crippen MR) is 102 cm³/mol. The molecule has 0 radical (unpaired) electrons. The monoisotopic (exact) mass is 339 g/mol. The largest absolute Gasteiger partial charge is 0.495 e. The summed E-state index contributed by atoms with van der Waals surface area (Å²) in [5, 5.41) is 5.85. The summed E-state index contributed by atoms with van der Waals surface area (Å²) >= 11 is 0. The second kappa shape index (κ2) is 7.92. The van der Waals surface area contributed by atoms with Crippen LogP contribution in [0.4, 0.5) is 16.2 Å². The van der Waals surface area contributed by atoms with Gasteiger partial charge < -0.3 is 20.3 Å². The third-order valence-electron chi connectivity index (χ3n) is 4.57. The van der Waals surface area contributed by atoms with Crippen molar-refractivity contribution >= 4 is 17.4 Å². The maximum absolute atomic E-state index is 12.1. The van der Waals surface area contributed by atoms with E-state index in [0.29, 0.717) is 12.5 Å². The first-order chi connectivity index (χ1) is 12.2. The normalized spacial score (nSPS) is 16.6. The Morgan fingerprint density at radius 1 is 1.20 bits per heavy atom. The van der Waals surface area contributed by atoms with Crippen LogP contribution in [0.5, 0.6) is 5.75 Å². The lowest BCUT2D eigenvalue weighted by atomic mass is 10.1. The van der Waals surface area contributed by atoms with Crippen molar-refractivity contribution in [1.29, 1.82) is 0 Å². The molecule has 5 heteroatoms. The third-order valence-corrected chi connectivity index (χ3v) is 4.57. The molecule has 2 aromatic rings. The van der Waals surface area contributed by atoms with Gasteiger partial charge in [-0.25, -0.2) is 4.79 Å². The standard InChI is InChI=1S/C20H25N3O2/c1-15-7-9-17(10-8-15)22-20(24)21-13-16-11-12-23(14-16)18-5-3-4-6-19(18)25-2/h3-10,16H,11-14H2,1-2H3,(H2,21,22,24)/t16-/m1/s1.